The first kappa shape index (κ1) is 16.8. The highest BCUT2D eigenvalue weighted by Crippen LogP contribution is 2.26. The Morgan fingerprint density at radius 3 is 3.00 bits per heavy atom. The maximum absolute atomic E-state index is 11.7. The number of nitrogens with zero attached hydrogens (tertiary/aromatic N) is 2. The summed E-state index contributed by atoms with van der Waals surface area (Å²) in [6.45, 7) is 3.81. The van der Waals surface area contributed by atoms with Gasteiger partial charge in [0.05, 0.1) is 25.6 Å². The maximum Gasteiger partial charge on any atom is 0.350 e. The van der Waals surface area contributed by atoms with E-state index in [1.165, 1.54) is 24.5 Å². The molecule has 1 aromatic heterocycles. The molecule has 0 aliphatic carbocycles. The number of esters is 1. The molecule has 1 heterocycles. The van der Waals surface area contributed by atoms with E-state index >= 15 is 0 Å². The van der Waals surface area contributed by atoms with Crippen LogP contribution in [0.5, 0.6) is 11.5 Å². The van der Waals surface area contributed by atoms with Gasteiger partial charge >= 0.3 is 5.97 Å². The standard InChI is InChI=1S/C15H17N3O4S/c1-4-22-14(20)13-9(2)17-15(23-13)18-16-8-10-5-6-11(19)12(7-10)21-3/h5-8,19H,4H2,1-3H3,(H,17,18)/b16-8-. The van der Waals surface area contributed by atoms with Gasteiger partial charge in [-0.1, -0.05) is 11.3 Å². The first-order valence-corrected chi connectivity index (χ1v) is 7.67. The number of benzene rings is 1. The van der Waals surface area contributed by atoms with Gasteiger partial charge in [-0.3, -0.25) is 5.43 Å². The molecular formula is C15H17N3O4S. The number of phenols is 1. The van der Waals surface area contributed by atoms with Crippen LogP contribution in [0.3, 0.4) is 0 Å². The van der Waals surface area contributed by atoms with E-state index in [4.69, 9.17) is 9.47 Å². The lowest BCUT2D eigenvalue weighted by molar-refractivity contribution is 0.0531. The molecule has 0 saturated heterocycles. The van der Waals surface area contributed by atoms with Gasteiger partial charge in [0.15, 0.2) is 11.5 Å². The molecule has 0 unspecified atom stereocenters. The molecule has 0 amide bonds. The topological polar surface area (TPSA) is 93.0 Å². The van der Waals surface area contributed by atoms with Gasteiger partial charge in [0.1, 0.15) is 4.88 Å². The van der Waals surface area contributed by atoms with Crippen molar-refractivity contribution in [1.82, 2.24) is 4.98 Å². The quantitative estimate of drug-likeness (QED) is 0.479. The zero-order valence-corrected chi connectivity index (χ0v) is 13.8. The third-order valence-corrected chi connectivity index (χ3v) is 3.88. The van der Waals surface area contributed by atoms with Crippen molar-refractivity contribution in [1.29, 1.82) is 0 Å². The summed E-state index contributed by atoms with van der Waals surface area (Å²) in [7, 11) is 1.48. The number of thiazole rings is 1. The number of carbonyl (C=O) groups excluding carboxylic acids is 1. The molecule has 1 aromatic carbocycles. The highest BCUT2D eigenvalue weighted by atomic mass is 32.1. The number of nitrogens with one attached hydrogen (secondary N) is 1. The predicted octanol–water partition coefficient (Wildman–Crippen LogP) is 2.79. The van der Waals surface area contributed by atoms with Crippen LogP contribution in [0, 0.1) is 6.92 Å². The van der Waals surface area contributed by atoms with Crippen molar-refractivity contribution < 1.29 is 19.4 Å². The molecule has 0 radical (unpaired) electrons. The molecule has 23 heavy (non-hydrogen) atoms. The van der Waals surface area contributed by atoms with Crippen LogP contribution < -0.4 is 10.2 Å². The molecule has 2 aromatic rings. The number of methoxy groups -OCH3 is 1. The largest absolute Gasteiger partial charge is 0.504 e. The Labute approximate surface area is 137 Å². The van der Waals surface area contributed by atoms with E-state index in [-0.39, 0.29) is 11.7 Å². The third kappa shape index (κ3) is 4.19. The molecule has 0 aliphatic rings. The second-order valence-electron chi connectivity index (χ2n) is 4.46. The molecule has 8 heteroatoms. The number of carbonyl (C=O) groups is 1. The number of ether oxygens (including phenoxy) is 2. The Morgan fingerprint density at radius 1 is 1.52 bits per heavy atom. The minimum absolute atomic E-state index is 0.0623. The SMILES string of the molecule is CCOC(=O)c1sc(N/N=C\c2ccc(O)c(OC)c2)nc1C. The van der Waals surface area contributed by atoms with E-state index in [0.29, 0.717) is 28.1 Å². The van der Waals surface area contributed by atoms with E-state index in [1.807, 2.05) is 0 Å². The summed E-state index contributed by atoms with van der Waals surface area (Å²) in [5.41, 5.74) is 4.11. The minimum Gasteiger partial charge on any atom is -0.504 e. The van der Waals surface area contributed by atoms with Crippen LogP contribution in [0.1, 0.15) is 27.9 Å². The van der Waals surface area contributed by atoms with Gasteiger partial charge in [-0.15, -0.1) is 0 Å². The van der Waals surface area contributed by atoms with Crippen LogP contribution in [0.2, 0.25) is 0 Å². The van der Waals surface area contributed by atoms with E-state index in [1.54, 1.807) is 32.2 Å². The van der Waals surface area contributed by atoms with Gasteiger partial charge < -0.3 is 14.6 Å². The summed E-state index contributed by atoms with van der Waals surface area (Å²) in [5, 5.41) is 14.1. The molecule has 0 saturated carbocycles. The number of aromatic nitrogens is 1. The number of anilines is 1. The van der Waals surface area contributed by atoms with Gasteiger partial charge in [0, 0.05) is 0 Å². The van der Waals surface area contributed by atoms with Crippen molar-refractivity contribution in [3.8, 4) is 11.5 Å². The summed E-state index contributed by atoms with van der Waals surface area (Å²) in [6.07, 6.45) is 1.56. The number of hydrogen-bond acceptors (Lipinski definition) is 8. The molecule has 2 rings (SSSR count). The fourth-order valence-electron chi connectivity index (χ4n) is 1.77. The summed E-state index contributed by atoms with van der Waals surface area (Å²) in [6, 6.07) is 4.87. The monoisotopic (exact) mass is 335 g/mol. The van der Waals surface area contributed by atoms with Crippen LogP contribution >= 0.6 is 11.3 Å². The maximum atomic E-state index is 11.7. The van der Waals surface area contributed by atoms with E-state index in [2.05, 4.69) is 15.5 Å². The highest BCUT2D eigenvalue weighted by Gasteiger charge is 2.15. The average Bonchev–Trinajstić information content (AvgIpc) is 2.90. The van der Waals surface area contributed by atoms with Crippen molar-refractivity contribution >= 4 is 28.7 Å². The molecule has 0 fully saturated rings. The average molecular weight is 335 g/mol. The van der Waals surface area contributed by atoms with E-state index < -0.39 is 0 Å². The lowest BCUT2D eigenvalue weighted by atomic mass is 10.2. The predicted molar refractivity (Wildman–Crippen MR) is 88.7 cm³/mol. The van der Waals surface area contributed by atoms with E-state index in [0.717, 1.165) is 5.56 Å². The number of aryl methyl sites for hydroxylation is 1. The number of aromatic hydroxyl groups is 1. The van der Waals surface area contributed by atoms with Gasteiger partial charge in [0.2, 0.25) is 5.13 Å². The van der Waals surface area contributed by atoms with Crippen LogP contribution in [0.4, 0.5) is 5.13 Å². The summed E-state index contributed by atoms with van der Waals surface area (Å²) >= 11 is 1.18. The zero-order valence-electron chi connectivity index (χ0n) is 13.0. The Morgan fingerprint density at radius 2 is 2.30 bits per heavy atom. The fourth-order valence-corrected chi connectivity index (χ4v) is 2.58. The molecule has 0 spiro atoms. The van der Waals surface area contributed by atoms with Gasteiger partial charge in [-0.05, 0) is 37.6 Å². The summed E-state index contributed by atoms with van der Waals surface area (Å²) < 4.78 is 9.99. The Bertz CT molecular complexity index is 728. The van der Waals surface area contributed by atoms with Crippen molar-refractivity contribution in [2.45, 2.75) is 13.8 Å². The minimum atomic E-state index is -0.386. The van der Waals surface area contributed by atoms with Gasteiger partial charge in [-0.2, -0.15) is 5.10 Å². The molecule has 0 aliphatic heterocycles. The second kappa shape index (κ2) is 7.59. The fraction of sp³-hybridized carbons (Fsp3) is 0.267. The van der Waals surface area contributed by atoms with Gasteiger partial charge in [-0.25, -0.2) is 9.78 Å². The molecular weight excluding hydrogens is 318 g/mol. The van der Waals surface area contributed by atoms with Crippen molar-refractivity contribution in [2.75, 3.05) is 19.1 Å². The number of hydrazone groups is 1. The van der Waals surface area contributed by atoms with Crippen LogP contribution in [0.15, 0.2) is 23.3 Å². The Kier molecular flexibility index (Phi) is 5.53. The number of phenolic OH excluding ortho intramolecular Hbond substituents is 1. The molecule has 2 N–H and O–H groups in total. The van der Waals surface area contributed by atoms with Crippen molar-refractivity contribution in [3.05, 3.63) is 34.3 Å². The third-order valence-electron chi connectivity index (χ3n) is 2.84. The van der Waals surface area contributed by atoms with Gasteiger partial charge in [0.25, 0.3) is 0 Å². The highest BCUT2D eigenvalue weighted by molar-refractivity contribution is 7.17. The van der Waals surface area contributed by atoms with E-state index in [9.17, 15) is 9.90 Å². The smallest absolute Gasteiger partial charge is 0.350 e. The van der Waals surface area contributed by atoms with Crippen molar-refractivity contribution in [2.24, 2.45) is 5.10 Å². The van der Waals surface area contributed by atoms with Crippen LogP contribution in [-0.4, -0.2) is 36.0 Å². The number of hydrogen-bond donors (Lipinski definition) is 2. The first-order chi connectivity index (χ1) is 11.0. The molecule has 7 nitrogen and oxygen atoms in total. The second-order valence-corrected chi connectivity index (χ2v) is 5.45. The van der Waals surface area contributed by atoms with Crippen LogP contribution in [-0.2, 0) is 4.74 Å². The Hall–Kier alpha value is -2.61. The first-order valence-electron chi connectivity index (χ1n) is 6.85. The lowest BCUT2D eigenvalue weighted by Gasteiger charge is -2.03. The lowest BCUT2D eigenvalue weighted by Crippen LogP contribution is -2.03. The van der Waals surface area contributed by atoms with Crippen molar-refractivity contribution in [3.63, 3.8) is 0 Å². The molecule has 0 atom stereocenters. The summed E-state index contributed by atoms with van der Waals surface area (Å²) in [5.74, 6) is 0.0404. The molecule has 122 valence electrons. The number of rotatable bonds is 6. The summed E-state index contributed by atoms with van der Waals surface area (Å²) in [4.78, 5) is 16.4. The zero-order chi connectivity index (χ0) is 16.8. The molecule has 0 bridgehead atoms. The van der Waals surface area contributed by atoms with Crippen LogP contribution in [0.25, 0.3) is 0 Å². The Balaban J connectivity index is 2.06. The normalized spacial score (nSPS) is 10.7.